The van der Waals surface area contributed by atoms with Crippen LogP contribution in [0.4, 0.5) is 0 Å². The van der Waals surface area contributed by atoms with Crippen LogP contribution in [0.1, 0.15) is 36.5 Å². The zero-order valence-corrected chi connectivity index (χ0v) is 11.2. The van der Waals surface area contributed by atoms with E-state index in [1.807, 2.05) is 0 Å². The van der Waals surface area contributed by atoms with Gasteiger partial charge in [0.1, 0.15) is 0 Å². The van der Waals surface area contributed by atoms with Gasteiger partial charge in [0, 0.05) is 17.1 Å². The van der Waals surface area contributed by atoms with E-state index in [4.69, 9.17) is 0 Å². The normalized spacial score (nSPS) is 14.9. The molecule has 0 spiro atoms. The third-order valence-corrected chi connectivity index (χ3v) is 4.05. The van der Waals surface area contributed by atoms with Gasteiger partial charge in [-0.2, -0.15) is 0 Å². The Labute approximate surface area is 109 Å². The maximum absolute atomic E-state index is 3.44. The highest BCUT2D eigenvalue weighted by Crippen LogP contribution is 2.28. The summed E-state index contributed by atoms with van der Waals surface area (Å²) in [5, 5.41) is 4.84. The van der Waals surface area contributed by atoms with Crippen LogP contribution in [0.3, 0.4) is 0 Å². The van der Waals surface area contributed by atoms with E-state index in [0.717, 1.165) is 19.5 Å². The van der Waals surface area contributed by atoms with Gasteiger partial charge < -0.3 is 10.3 Å². The number of aryl methyl sites for hydroxylation is 2. The lowest BCUT2D eigenvalue weighted by Gasteiger charge is -2.15. The number of nitrogens with one attached hydrogen (secondary N) is 2. The van der Waals surface area contributed by atoms with Crippen molar-refractivity contribution in [3.8, 4) is 0 Å². The predicted molar refractivity (Wildman–Crippen MR) is 77.2 cm³/mol. The molecule has 0 amide bonds. The molecule has 2 aromatic rings. The summed E-state index contributed by atoms with van der Waals surface area (Å²) in [5.41, 5.74) is 5.92. The Kier molecular flexibility index (Phi) is 3.37. The first-order chi connectivity index (χ1) is 8.88. The lowest BCUT2D eigenvalue weighted by Crippen LogP contribution is -2.15. The number of H-pyrrole nitrogens is 1. The van der Waals surface area contributed by atoms with Gasteiger partial charge in [0.2, 0.25) is 0 Å². The van der Waals surface area contributed by atoms with Gasteiger partial charge in [-0.15, -0.1) is 0 Å². The van der Waals surface area contributed by atoms with E-state index in [9.17, 15) is 0 Å². The van der Waals surface area contributed by atoms with Crippen molar-refractivity contribution in [3.63, 3.8) is 0 Å². The van der Waals surface area contributed by atoms with Crippen molar-refractivity contribution in [2.45, 2.75) is 39.0 Å². The molecule has 0 saturated carbocycles. The molecule has 1 heterocycles. The molecule has 18 heavy (non-hydrogen) atoms. The quantitative estimate of drug-likeness (QED) is 0.792. The third kappa shape index (κ3) is 2.17. The molecule has 1 aromatic carbocycles. The van der Waals surface area contributed by atoms with Crippen LogP contribution in [0.15, 0.2) is 18.3 Å². The Hall–Kier alpha value is -1.28. The Morgan fingerprint density at radius 3 is 2.72 bits per heavy atom. The van der Waals surface area contributed by atoms with Crippen molar-refractivity contribution in [2.75, 3.05) is 13.1 Å². The average molecular weight is 242 g/mol. The van der Waals surface area contributed by atoms with Gasteiger partial charge in [-0.25, -0.2) is 0 Å². The minimum absolute atomic E-state index is 1.05. The summed E-state index contributed by atoms with van der Waals surface area (Å²) in [4.78, 5) is 3.44. The van der Waals surface area contributed by atoms with Crippen LogP contribution in [0.2, 0.25) is 0 Å². The number of rotatable bonds is 4. The van der Waals surface area contributed by atoms with E-state index >= 15 is 0 Å². The van der Waals surface area contributed by atoms with Gasteiger partial charge in [-0.1, -0.05) is 6.92 Å². The van der Waals surface area contributed by atoms with Crippen LogP contribution >= 0.6 is 0 Å². The molecular weight excluding hydrogens is 220 g/mol. The fourth-order valence-corrected chi connectivity index (χ4v) is 3.02. The predicted octanol–water partition coefficient (Wildman–Crippen LogP) is 3.20. The first kappa shape index (κ1) is 11.8. The van der Waals surface area contributed by atoms with E-state index in [-0.39, 0.29) is 0 Å². The second-order valence-corrected chi connectivity index (χ2v) is 5.29. The second kappa shape index (κ2) is 5.15. The van der Waals surface area contributed by atoms with Crippen molar-refractivity contribution in [1.29, 1.82) is 0 Å². The second-order valence-electron chi connectivity index (χ2n) is 5.29. The van der Waals surface area contributed by atoms with Crippen LogP contribution in [0.25, 0.3) is 10.9 Å². The van der Waals surface area contributed by atoms with Crippen molar-refractivity contribution < 1.29 is 0 Å². The Balaban J connectivity index is 1.92. The number of aromatic amines is 1. The SMILES string of the molecule is CCNCCc1c[nH]c2cc3c(cc12)CCCC3. The van der Waals surface area contributed by atoms with Gasteiger partial charge in [-0.05, 0) is 74.0 Å². The molecule has 1 aliphatic rings. The molecule has 0 bridgehead atoms. The van der Waals surface area contributed by atoms with Crippen molar-refractivity contribution in [1.82, 2.24) is 10.3 Å². The van der Waals surface area contributed by atoms with Gasteiger partial charge >= 0.3 is 0 Å². The molecule has 0 fully saturated rings. The Bertz CT molecular complexity index is 539. The van der Waals surface area contributed by atoms with Crippen LogP contribution in [0, 0.1) is 0 Å². The average Bonchev–Trinajstić information content (AvgIpc) is 2.79. The summed E-state index contributed by atoms with van der Waals surface area (Å²) in [6, 6.07) is 4.81. The minimum atomic E-state index is 1.05. The summed E-state index contributed by atoms with van der Waals surface area (Å²) in [6.45, 7) is 4.28. The fraction of sp³-hybridized carbons (Fsp3) is 0.500. The Morgan fingerprint density at radius 1 is 1.17 bits per heavy atom. The smallest absolute Gasteiger partial charge is 0.0459 e. The molecule has 0 atom stereocenters. The summed E-state index contributed by atoms with van der Waals surface area (Å²) in [5.74, 6) is 0. The molecule has 2 heteroatoms. The van der Waals surface area contributed by atoms with E-state index < -0.39 is 0 Å². The van der Waals surface area contributed by atoms with Gasteiger partial charge in [0.15, 0.2) is 0 Å². The van der Waals surface area contributed by atoms with Crippen LogP contribution < -0.4 is 5.32 Å². The molecule has 2 N–H and O–H groups in total. The monoisotopic (exact) mass is 242 g/mol. The molecule has 0 saturated heterocycles. The highest BCUT2D eigenvalue weighted by atomic mass is 14.8. The van der Waals surface area contributed by atoms with Crippen LogP contribution in [-0.2, 0) is 19.3 Å². The topological polar surface area (TPSA) is 27.8 Å². The molecule has 96 valence electrons. The molecule has 0 aliphatic heterocycles. The highest BCUT2D eigenvalue weighted by molar-refractivity contribution is 5.85. The van der Waals surface area contributed by atoms with Crippen molar-refractivity contribution >= 4 is 10.9 Å². The van der Waals surface area contributed by atoms with E-state index in [2.05, 4.69) is 35.6 Å². The van der Waals surface area contributed by atoms with E-state index in [0.29, 0.717) is 0 Å². The zero-order chi connectivity index (χ0) is 12.4. The maximum Gasteiger partial charge on any atom is 0.0459 e. The largest absolute Gasteiger partial charge is 0.361 e. The van der Waals surface area contributed by atoms with Gasteiger partial charge in [-0.3, -0.25) is 0 Å². The van der Waals surface area contributed by atoms with E-state index in [1.54, 1.807) is 11.1 Å². The molecule has 3 rings (SSSR count). The molecule has 0 radical (unpaired) electrons. The summed E-state index contributed by atoms with van der Waals surface area (Å²) >= 11 is 0. The van der Waals surface area contributed by atoms with Crippen LogP contribution in [-0.4, -0.2) is 18.1 Å². The molecule has 2 nitrogen and oxygen atoms in total. The third-order valence-electron chi connectivity index (χ3n) is 4.05. The Morgan fingerprint density at radius 2 is 1.94 bits per heavy atom. The summed E-state index contributed by atoms with van der Waals surface area (Å²) in [6.07, 6.45) is 8.54. The summed E-state index contributed by atoms with van der Waals surface area (Å²) in [7, 11) is 0. The van der Waals surface area contributed by atoms with E-state index in [1.165, 1.54) is 42.1 Å². The molecule has 0 unspecified atom stereocenters. The maximum atomic E-state index is 3.44. The number of hydrogen-bond acceptors (Lipinski definition) is 1. The zero-order valence-electron chi connectivity index (χ0n) is 11.2. The lowest BCUT2D eigenvalue weighted by atomic mass is 9.90. The van der Waals surface area contributed by atoms with Crippen molar-refractivity contribution in [2.24, 2.45) is 0 Å². The molecular formula is C16H22N2. The minimum Gasteiger partial charge on any atom is -0.361 e. The number of likely N-dealkylation sites (N-methyl/N-ethyl adjacent to an activating group) is 1. The number of benzene rings is 1. The first-order valence-electron chi connectivity index (χ1n) is 7.21. The first-order valence-corrected chi connectivity index (χ1v) is 7.21. The fourth-order valence-electron chi connectivity index (χ4n) is 3.02. The van der Waals surface area contributed by atoms with Gasteiger partial charge in [0.05, 0.1) is 0 Å². The van der Waals surface area contributed by atoms with Gasteiger partial charge in [0.25, 0.3) is 0 Å². The molecule has 1 aromatic heterocycles. The van der Waals surface area contributed by atoms with Crippen molar-refractivity contribution in [3.05, 3.63) is 35.0 Å². The van der Waals surface area contributed by atoms with Crippen LogP contribution in [0.5, 0.6) is 0 Å². The number of aromatic nitrogens is 1. The number of hydrogen-bond donors (Lipinski definition) is 2. The lowest BCUT2D eigenvalue weighted by molar-refractivity contribution is 0.687. The number of fused-ring (bicyclic) bond motifs is 2. The standard InChI is InChI=1S/C16H22N2/c1-2-17-8-7-14-11-18-16-10-13-6-4-3-5-12(13)9-15(14)16/h9-11,17-18H,2-8H2,1H3. The highest BCUT2D eigenvalue weighted by Gasteiger charge is 2.12. The molecule has 1 aliphatic carbocycles. The summed E-state index contributed by atoms with van der Waals surface area (Å²) < 4.78 is 0.